The molecule has 0 aromatic heterocycles. The summed E-state index contributed by atoms with van der Waals surface area (Å²) in [5.41, 5.74) is 2.46. The molecule has 0 aliphatic heterocycles. The number of carbonyl (C=O) groups excluding carboxylic acids is 6. The highest BCUT2D eigenvalue weighted by atomic mass is 16.3. The summed E-state index contributed by atoms with van der Waals surface area (Å²) in [5, 5.41) is 40.8. The molecule has 5 amide bonds. The molecule has 0 saturated carbocycles. The Balaban J connectivity index is 1.92. The van der Waals surface area contributed by atoms with Crippen LogP contribution >= 0.6 is 0 Å². The molecule has 3 aromatic carbocycles. The molecular weight excluding hydrogens is 779 g/mol. The van der Waals surface area contributed by atoms with Gasteiger partial charge in [-0.15, -0.1) is 0 Å². The number of aliphatic hydroxyl groups excluding tert-OH is 2. The van der Waals surface area contributed by atoms with Gasteiger partial charge in [0.25, 0.3) is 11.8 Å². The molecule has 7 N–H and O–H groups in total. The number of phenolic OH excluding ortho intramolecular Hbond substituents is 1. The Bertz CT molecular complexity index is 2040. The van der Waals surface area contributed by atoms with Crippen molar-refractivity contribution in [2.75, 3.05) is 13.7 Å². The van der Waals surface area contributed by atoms with Gasteiger partial charge in [0.05, 0.1) is 12.7 Å². The van der Waals surface area contributed by atoms with Crippen molar-refractivity contribution in [3.63, 3.8) is 0 Å². The van der Waals surface area contributed by atoms with Gasteiger partial charge in [-0.25, -0.2) is 0 Å². The lowest BCUT2D eigenvalue weighted by atomic mass is 10.00. The average molecular weight is 838 g/mol. The number of likely N-dealkylation sites (N-methyl/N-ethyl adjacent to an activating group) is 1. The van der Waals surface area contributed by atoms with E-state index in [2.05, 4.69) is 28.2 Å². The van der Waals surface area contributed by atoms with E-state index in [1.54, 1.807) is 36.4 Å². The molecule has 0 spiro atoms. The number of benzene rings is 3. The number of rotatable bonds is 22. The van der Waals surface area contributed by atoms with Crippen molar-refractivity contribution in [1.29, 1.82) is 0 Å². The van der Waals surface area contributed by atoms with Gasteiger partial charge in [0, 0.05) is 19.5 Å². The lowest BCUT2D eigenvalue weighted by molar-refractivity contribution is -0.136. The van der Waals surface area contributed by atoms with Gasteiger partial charge in [-0.2, -0.15) is 0 Å². The first-order valence-corrected chi connectivity index (χ1v) is 20.3. The molecule has 5 atom stereocenters. The minimum absolute atomic E-state index is 0.0143. The molecule has 3 aromatic rings. The van der Waals surface area contributed by atoms with Crippen LogP contribution in [0, 0.1) is 5.92 Å². The maximum Gasteiger partial charge on any atom is 0.268 e. The molecule has 3 unspecified atom stereocenters. The molecule has 0 aliphatic rings. The van der Waals surface area contributed by atoms with Crippen molar-refractivity contribution in [1.82, 2.24) is 26.2 Å². The third kappa shape index (κ3) is 16.0. The molecule has 0 heterocycles. The van der Waals surface area contributed by atoms with E-state index in [0.717, 1.165) is 28.9 Å². The largest absolute Gasteiger partial charge is 0.508 e. The average Bonchev–Trinajstić information content (AvgIpc) is 3.23. The second-order valence-electron chi connectivity index (χ2n) is 15.2. The van der Waals surface area contributed by atoms with E-state index >= 15 is 0 Å². The summed E-state index contributed by atoms with van der Waals surface area (Å²) in [6.07, 6.45) is 8.96. The van der Waals surface area contributed by atoms with Crippen molar-refractivity contribution in [3.8, 4) is 5.75 Å². The van der Waals surface area contributed by atoms with Crippen LogP contribution in [0.15, 0.2) is 96.7 Å². The summed E-state index contributed by atoms with van der Waals surface area (Å²) in [6, 6.07) is 16.9. The van der Waals surface area contributed by atoms with E-state index in [0.29, 0.717) is 11.1 Å². The number of unbranched alkanes of at least 4 members (excludes halogenated alkanes) is 1. The number of nitrogens with zero attached hydrogens (tertiary/aromatic N) is 1. The van der Waals surface area contributed by atoms with Crippen LogP contribution in [0.25, 0.3) is 18.2 Å². The number of amides is 5. The predicted molar refractivity (Wildman–Crippen MR) is 235 cm³/mol. The van der Waals surface area contributed by atoms with Gasteiger partial charge in [-0.05, 0) is 79.1 Å². The summed E-state index contributed by atoms with van der Waals surface area (Å²) in [5.74, 6) is -4.55. The number of hydrogen-bond donors (Lipinski definition) is 7. The van der Waals surface area contributed by atoms with Crippen LogP contribution in [0.3, 0.4) is 0 Å². The zero-order valence-electron chi connectivity index (χ0n) is 35.6. The van der Waals surface area contributed by atoms with E-state index in [1.165, 1.54) is 57.3 Å². The van der Waals surface area contributed by atoms with E-state index in [9.17, 15) is 44.1 Å². The molecule has 326 valence electrons. The molecule has 0 bridgehead atoms. The first-order chi connectivity index (χ1) is 29.0. The van der Waals surface area contributed by atoms with Gasteiger partial charge in [0.1, 0.15) is 35.6 Å². The minimum Gasteiger partial charge on any atom is -0.508 e. The van der Waals surface area contributed by atoms with E-state index in [4.69, 9.17) is 0 Å². The predicted octanol–water partition coefficient (Wildman–Crippen LogP) is 3.91. The fourth-order valence-corrected chi connectivity index (χ4v) is 6.24. The van der Waals surface area contributed by atoms with Crippen LogP contribution in [-0.4, -0.2) is 99.5 Å². The summed E-state index contributed by atoms with van der Waals surface area (Å²) < 4.78 is 0. The maximum atomic E-state index is 14.3. The van der Waals surface area contributed by atoms with E-state index < -0.39 is 72.2 Å². The third-order valence-electron chi connectivity index (χ3n) is 9.54. The Morgan fingerprint density at radius 3 is 1.93 bits per heavy atom. The fraction of sp³-hybridized carbons (Fsp3) is 0.362. The number of aromatic hydroxyl groups is 1. The summed E-state index contributed by atoms with van der Waals surface area (Å²) in [4.78, 5) is 82.2. The van der Waals surface area contributed by atoms with Crippen molar-refractivity contribution in [2.45, 2.75) is 90.6 Å². The number of allylic oxidation sites excluding steroid dienone is 1. The van der Waals surface area contributed by atoms with Crippen LogP contribution in [0.1, 0.15) is 76.1 Å². The molecule has 14 heteroatoms. The lowest BCUT2D eigenvalue weighted by Crippen LogP contribution is -2.58. The number of phenols is 1. The van der Waals surface area contributed by atoms with Gasteiger partial charge in [-0.1, -0.05) is 106 Å². The number of carbonyl (C=O) groups is 6. The molecular formula is C47H59N5O9. The van der Waals surface area contributed by atoms with Crippen LogP contribution in [0.2, 0.25) is 0 Å². The number of aliphatic hydroxyl groups is 2. The van der Waals surface area contributed by atoms with Crippen molar-refractivity contribution in [3.05, 3.63) is 119 Å². The second-order valence-corrected chi connectivity index (χ2v) is 15.2. The summed E-state index contributed by atoms with van der Waals surface area (Å²) in [6.45, 7) is 7.50. The highest BCUT2D eigenvalue weighted by Gasteiger charge is 2.33. The van der Waals surface area contributed by atoms with Gasteiger partial charge >= 0.3 is 0 Å². The van der Waals surface area contributed by atoms with Crippen LogP contribution in [0.4, 0.5) is 0 Å². The first kappa shape index (κ1) is 49.0. The second kappa shape index (κ2) is 24.6. The van der Waals surface area contributed by atoms with Crippen LogP contribution in [-0.2, 0) is 35.2 Å². The highest BCUT2D eigenvalue weighted by Crippen LogP contribution is 2.18. The molecule has 61 heavy (non-hydrogen) atoms. The quantitative estimate of drug-likeness (QED) is 0.0730. The molecule has 0 saturated heterocycles. The number of Topliss-reactive ketones (excluding diaryl/α,β-unsaturated/α-hetero) is 1. The zero-order chi connectivity index (χ0) is 45.1. The number of ketones is 1. The maximum absolute atomic E-state index is 14.3. The standard InChI is InChI=1S/C47H59N5O9/c1-7-8-10-17-35-18-13-14-19-36(35)22-25-42(57)48-40(29-53)47(61)52(6)41(28-34-20-23-37(56)24-21-34)46(60)50-38(26-30(2)3)44(58)49-39(27-33-15-11-9-12-16-33)45(59)51-43(31(4)54)32(5)55/h9-25,28,30-31,38-40,43,53-54,56H,7-8,26-27,29H2,1-6H3,(H,48,57)(H,49,58)(H,50,60)(H,51,59)/b17-10-,25-22+,41-28+/t31?,38?,39-,40+,43?/m1/s1. The monoisotopic (exact) mass is 837 g/mol. The van der Waals surface area contributed by atoms with Crippen molar-refractivity contribution in [2.24, 2.45) is 5.92 Å². The Hall–Kier alpha value is -6.38. The Labute approximate surface area is 357 Å². The molecule has 0 aliphatic carbocycles. The van der Waals surface area contributed by atoms with Crippen LogP contribution in [0.5, 0.6) is 5.75 Å². The normalized spacial score (nSPS) is 14.1. The number of nitrogens with one attached hydrogen (secondary N) is 4. The van der Waals surface area contributed by atoms with Gasteiger partial charge < -0.3 is 41.5 Å². The Morgan fingerprint density at radius 1 is 0.754 bits per heavy atom. The molecule has 0 radical (unpaired) electrons. The summed E-state index contributed by atoms with van der Waals surface area (Å²) >= 11 is 0. The third-order valence-corrected chi connectivity index (χ3v) is 9.54. The van der Waals surface area contributed by atoms with Crippen molar-refractivity contribution >= 4 is 53.5 Å². The Morgan fingerprint density at radius 2 is 1.36 bits per heavy atom. The van der Waals surface area contributed by atoms with E-state index in [1.807, 2.05) is 50.3 Å². The molecule has 0 fully saturated rings. The van der Waals surface area contributed by atoms with Crippen LogP contribution < -0.4 is 21.3 Å². The molecule has 14 nitrogen and oxygen atoms in total. The fourth-order valence-electron chi connectivity index (χ4n) is 6.24. The lowest BCUT2D eigenvalue weighted by Gasteiger charge is -2.28. The van der Waals surface area contributed by atoms with Gasteiger partial charge in [0.15, 0.2) is 5.78 Å². The van der Waals surface area contributed by atoms with Crippen molar-refractivity contribution < 1.29 is 44.1 Å². The zero-order valence-corrected chi connectivity index (χ0v) is 35.6. The SMILES string of the molecule is CCC/C=C\c1ccccc1/C=C/C(=O)N[C@@H](CO)C(=O)N(C)/C(=C/c1ccc(O)cc1)C(=O)NC(CC(C)C)C(=O)N[C@H](Cc1ccccc1)C(=O)NC(C(C)=O)C(C)O. The van der Waals surface area contributed by atoms with Gasteiger partial charge in [0.2, 0.25) is 17.7 Å². The first-order valence-electron chi connectivity index (χ1n) is 20.3. The smallest absolute Gasteiger partial charge is 0.268 e. The van der Waals surface area contributed by atoms with Gasteiger partial charge in [-0.3, -0.25) is 28.8 Å². The highest BCUT2D eigenvalue weighted by molar-refractivity contribution is 6.05. The number of hydrogen-bond acceptors (Lipinski definition) is 9. The Kier molecular flexibility index (Phi) is 19.8. The molecule has 3 rings (SSSR count). The van der Waals surface area contributed by atoms with E-state index in [-0.39, 0.29) is 30.2 Å². The topological polar surface area (TPSA) is 214 Å². The minimum atomic E-state index is -1.48. The summed E-state index contributed by atoms with van der Waals surface area (Å²) in [7, 11) is 1.28.